The van der Waals surface area contributed by atoms with Gasteiger partial charge in [0.25, 0.3) is 0 Å². The SMILES string of the molecule is N[C@@H](CF)c1ccc(Cl)c(F)c1O. The summed E-state index contributed by atoms with van der Waals surface area (Å²) in [6, 6.07) is 1.50. The lowest BCUT2D eigenvalue weighted by atomic mass is 10.1. The predicted molar refractivity (Wildman–Crippen MR) is 46.0 cm³/mol. The maximum absolute atomic E-state index is 12.9. The van der Waals surface area contributed by atoms with Gasteiger partial charge in [0.1, 0.15) is 6.67 Å². The van der Waals surface area contributed by atoms with Crippen LogP contribution in [0.2, 0.25) is 5.02 Å². The van der Waals surface area contributed by atoms with Crippen molar-refractivity contribution in [1.29, 1.82) is 0 Å². The van der Waals surface area contributed by atoms with Crippen LogP contribution in [-0.2, 0) is 0 Å². The van der Waals surface area contributed by atoms with E-state index in [9.17, 15) is 13.9 Å². The van der Waals surface area contributed by atoms with Crippen LogP contribution in [-0.4, -0.2) is 11.8 Å². The van der Waals surface area contributed by atoms with Crippen LogP contribution in [0.15, 0.2) is 12.1 Å². The zero-order valence-corrected chi connectivity index (χ0v) is 7.35. The average Bonchev–Trinajstić information content (AvgIpc) is 2.13. The van der Waals surface area contributed by atoms with E-state index in [0.717, 1.165) is 0 Å². The van der Waals surface area contributed by atoms with E-state index in [0.29, 0.717) is 0 Å². The van der Waals surface area contributed by atoms with Crippen molar-refractivity contribution >= 4 is 11.6 Å². The molecule has 1 rings (SSSR count). The van der Waals surface area contributed by atoms with Crippen molar-refractivity contribution in [1.82, 2.24) is 0 Å². The summed E-state index contributed by atoms with van der Waals surface area (Å²) in [5, 5.41) is 8.96. The van der Waals surface area contributed by atoms with Crippen molar-refractivity contribution in [2.45, 2.75) is 6.04 Å². The highest BCUT2D eigenvalue weighted by atomic mass is 35.5. The van der Waals surface area contributed by atoms with Gasteiger partial charge in [-0.3, -0.25) is 0 Å². The van der Waals surface area contributed by atoms with Crippen LogP contribution >= 0.6 is 11.6 Å². The normalized spacial score (nSPS) is 12.9. The van der Waals surface area contributed by atoms with E-state index in [2.05, 4.69) is 0 Å². The number of nitrogens with two attached hydrogens (primary N) is 1. The quantitative estimate of drug-likeness (QED) is 0.781. The minimum atomic E-state index is -1.02. The van der Waals surface area contributed by atoms with Gasteiger partial charge in [0.05, 0.1) is 11.1 Å². The minimum absolute atomic E-state index is 0.0180. The molecule has 0 aliphatic heterocycles. The van der Waals surface area contributed by atoms with Crippen molar-refractivity contribution in [3.63, 3.8) is 0 Å². The summed E-state index contributed by atoms with van der Waals surface area (Å²) in [5.41, 5.74) is 5.29. The summed E-state index contributed by atoms with van der Waals surface area (Å²) in [5.74, 6) is -1.65. The van der Waals surface area contributed by atoms with Gasteiger partial charge in [-0.05, 0) is 6.07 Å². The maximum Gasteiger partial charge on any atom is 0.183 e. The molecule has 0 radical (unpaired) electrons. The molecule has 13 heavy (non-hydrogen) atoms. The Kier molecular flexibility index (Phi) is 3.06. The minimum Gasteiger partial charge on any atom is -0.505 e. The van der Waals surface area contributed by atoms with Crippen LogP contribution in [0, 0.1) is 5.82 Å². The summed E-state index contributed by atoms with van der Waals surface area (Å²) in [7, 11) is 0. The van der Waals surface area contributed by atoms with Gasteiger partial charge in [-0.15, -0.1) is 0 Å². The van der Waals surface area contributed by atoms with Gasteiger partial charge in [0, 0.05) is 5.56 Å². The molecule has 0 aromatic heterocycles. The molecule has 1 aromatic carbocycles. The number of hydrogen-bond donors (Lipinski definition) is 2. The first-order chi connectivity index (χ1) is 6.07. The fourth-order valence-electron chi connectivity index (χ4n) is 0.937. The number of alkyl halides is 1. The molecule has 0 aliphatic rings. The Morgan fingerprint density at radius 1 is 1.54 bits per heavy atom. The Morgan fingerprint density at radius 3 is 2.69 bits per heavy atom. The van der Waals surface area contributed by atoms with E-state index >= 15 is 0 Å². The van der Waals surface area contributed by atoms with Crippen LogP contribution < -0.4 is 5.73 Å². The second-order valence-electron chi connectivity index (χ2n) is 2.56. The van der Waals surface area contributed by atoms with E-state index < -0.39 is 24.3 Å². The molecule has 0 amide bonds. The number of halogens is 3. The number of phenols is 1. The molecule has 3 N–H and O–H groups in total. The number of hydrogen-bond acceptors (Lipinski definition) is 2. The molecule has 0 unspecified atom stereocenters. The molecule has 2 nitrogen and oxygen atoms in total. The van der Waals surface area contributed by atoms with E-state index in [4.69, 9.17) is 17.3 Å². The standard InChI is InChI=1S/C8H8ClF2NO/c9-5-2-1-4(6(12)3-10)8(13)7(5)11/h1-2,6,13H,3,12H2/t6-/m0/s1. The van der Waals surface area contributed by atoms with E-state index in [-0.39, 0.29) is 10.6 Å². The number of aromatic hydroxyl groups is 1. The smallest absolute Gasteiger partial charge is 0.183 e. The van der Waals surface area contributed by atoms with Gasteiger partial charge in [-0.2, -0.15) is 0 Å². The Balaban J connectivity index is 3.18. The van der Waals surface area contributed by atoms with Crippen LogP contribution in [0.1, 0.15) is 11.6 Å². The third-order valence-electron chi connectivity index (χ3n) is 1.67. The molecule has 0 fully saturated rings. The van der Waals surface area contributed by atoms with Gasteiger partial charge in [0.2, 0.25) is 0 Å². The molecule has 0 heterocycles. The topological polar surface area (TPSA) is 46.2 Å². The Hall–Kier alpha value is -0.870. The number of benzene rings is 1. The summed E-state index contributed by atoms with van der Waals surface area (Å²) in [4.78, 5) is 0. The Labute approximate surface area is 78.9 Å². The van der Waals surface area contributed by atoms with Crippen molar-refractivity contribution < 1.29 is 13.9 Å². The predicted octanol–water partition coefficient (Wildman–Crippen LogP) is 2.15. The first-order valence-corrected chi connectivity index (χ1v) is 3.94. The molecular formula is C8H8ClF2NO. The third-order valence-corrected chi connectivity index (χ3v) is 1.96. The van der Waals surface area contributed by atoms with Crippen LogP contribution in [0.4, 0.5) is 8.78 Å². The van der Waals surface area contributed by atoms with Crippen LogP contribution in [0.25, 0.3) is 0 Å². The molecule has 0 bridgehead atoms. The fourth-order valence-corrected chi connectivity index (χ4v) is 1.09. The molecule has 72 valence electrons. The number of phenolic OH excluding ortho intramolecular Hbond substituents is 1. The molecular weight excluding hydrogens is 200 g/mol. The lowest BCUT2D eigenvalue weighted by Crippen LogP contribution is -2.12. The summed E-state index contributed by atoms with van der Waals surface area (Å²) in [6.07, 6.45) is 0. The second-order valence-corrected chi connectivity index (χ2v) is 2.97. The van der Waals surface area contributed by atoms with Gasteiger partial charge in [-0.25, -0.2) is 8.78 Å². The summed E-state index contributed by atoms with van der Waals surface area (Å²) < 4.78 is 25.0. The monoisotopic (exact) mass is 207 g/mol. The first-order valence-electron chi connectivity index (χ1n) is 3.56. The average molecular weight is 208 g/mol. The van der Waals surface area contributed by atoms with E-state index in [1.54, 1.807) is 0 Å². The lowest BCUT2D eigenvalue weighted by molar-refractivity contribution is 0.396. The van der Waals surface area contributed by atoms with Gasteiger partial charge >= 0.3 is 0 Å². The molecule has 0 saturated heterocycles. The molecule has 1 atom stereocenters. The Morgan fingerprint density at radius 2 is 2.15 bits per heavy atom. The van der Waals surface area contributed by atoms with Crippen molar-refractivity contribution in [2.24, 2.45) is 5.73 Å². The molecule has 0 aliphatic carbocycles. The zero-order chi connectivity index (χ0) is 10.0. The molecule has 0 spiro atoms. The van der Waals surface area contributed by atoms with Gasteiger partial charge in [0.15, 0.2) is 11.6 Å². The van der Waals surface area contributed by atoms with Gasteiger partial charge < -0.3 is 10.8 Å². The summed E-state index contributed by atoms with van der Waals surface area (Å²) in [6.45, 7) is -0.866. The highest BCUT2D eigenvalue weighted by molar-refractivity contribution is 6.30. The molecule has 5 heteroatoms. The number of rotatable bonds is 2. The zero-order valence-electron chi connectivity index (χ0n) is 6.60. The van der Waals surface area contributed by atoms with E-state index in [1.807, 2.05) is 0 Å². The molecule has 1 aromatic rings. The summed E-state index contributed by atoms with van der Waals surface area (Å²) >= 11 is 5.36. The van der Waals surface area contributed by atoms with Crippen LogP contribution in [0.3, 0.4) is 0 Å². The van der Waals surface area contributed by atoms with Crippen molar-refractivity contribution in [3.05, 3.63) is 28.5 Å². The largest absolute Gasteiger partial charge is 0.505 e. The highest BCUT2D eigenvalue weighted by Crippen LogP contribution is 2.30. The van der Waals surface area contributed by atoms with Gasteiger partial charge in [-0.1, -0.05) is 17.7 Å². The fraction of sp³-hybridized carbons (Fsp3) is 0.250. The maximum atomic E-state index is 12.9. The lowest BCUT2D eigenvalue weighted by Gasteiger charge is -2.10. The van der Waals surface area contributed by atoms with Crippen molar-refractivity contribution in [3.8, 4) is 5.75 Å². The van der Waals surface area contributed by atoms with E-state index in [1.165, 1.54) is 12.1 Å². The second kappa shape index (κ2) is 3.89. The highest BCUT2D eigenvalue weighted by Gasteiger charge is 2.16. The first kappa shape index (κ1) is 10.2. The third kappa shape index (κ3) is 1.89. The Bertz CT molecular complexity index is 319. The van der Waals surface area contributed by atoms with Crippen LogP contribution in [0.5, 0.6) is 5.75 Å². The molecule has 0 saturated carbocycles. The van der Waals surface area contributed by atoms with Crippen molar-refractivity contribution in [2.75, 3.05) is 6.67 Å².